The van der Waals surface area contributed by atoms with E-state index in [1.165, 1.54) is 12.1 Å². The van der Waals surface area contributed by atoms with E-state index in [2.05, 4.69) is 25.8 Å². The van der Waals surface area contributed by atoms with Gasteiger partial charge in [-0.15, -0.1) is 0 Å². The van der Waals surface area contributed by atoms with Gasteiger partial charge in [-0.1, -0.05) is 15.9 Å². The maximum absolute atomic E-state index is 12.2. The number of carbonyl (C=O) groups is 1. The molecule has 0 spiro atoms. The van der Waals surface area contributed by atoms with Crippen LogP contribution in [0.4, 0.5) is 11.4 Å². The predicted molar refractivity (Wildman–Crippen MR) is 112 cm³/mol. The van der Waals surface area contributed by atoms with Crippen LogP contribution in [0.1, 0.15) is 5.56 Å². The molecule has 2 aliphatic heterocycles. The van der Waals surface area contributed by atoms with E-state index in [9.17, 15) is 14.9 Å². The number of rotatable bonds is 4. The lowest BCUT2D eigenvalue weighted by Crippen LogP contribution is -2.44. The van der Waals surface area contributed by atoms with E-state index in [-0.39, 0.29) is 11.4 Å². The van der Waals surface area contributed by atoms with Crippen molar-refractivity contribution in [1.82, 2.24) is 4.90 Å². The molecule has 0 atom stereocenters. The first kappa shape index (κ1) is 19.1. The summed E-state index contributed by atoms with van der Waals surface area (Å²) in [5.41, 5.74) is 2.05. The lowest BCUT2D eigenvalue weighted by molar-refractivity contribution is -0.384. The summed E-state index contributed by atoms with van der Waals surface area (Å²) < 4.78 is 6.24. The van der Waals surface area contributed by atoms with Crippen LogP contribution in [-0.4, -0.2) is 47.9 Å². The molecule has 8 nitrogen and oxygen atoms in total. The molecule has 2 aromatic rings. The van der Waals surface area contributed by atoms with Crippen molar-refractivity contribution in [2.45, 2.75) is 0 Å². The van der Waals surface area contributed by atoms with Crippen LogP contribution in [-0.2, 0) is 9.53 Å². The van der Waals surface area contributed by atoms with Crippen molar-refractivity contribution in [2.75, 3.05) is 31.1 Å². The molecule has 4 rings (SSSR count). The summed E-state index contributed by atoms with van der Waals surface area (Å²) in [6.45, 7) is 2.88. The maximum Gasteiger partial charge on any atom is 0.365 e. The van der Waals surface area contributed by atoms with Crippen molar-refractivity contribution in [3.05, 3.63) is 80.6 Å². The predicted octanol–water partition coefficient (Wildman–Crippen LogP) is 3.32. The van der Waals surface area contributed by atoms with Gasteiger partial charge in [0.05, 0.1) is 4.92 Å². The van der Waals surface area contributed by atoms with Crippen LogP contribution in [0.5, 0.6) is 0 Å². The van der Waals surface area contributed by atoms with E-state index in [1.54, 1.807) is 18.3 Å². The molecule has 0 N–H and O–H groups in total. The molecular weight excluding hydrogens is 440 g/mol. The Balaban J connectivity index is 1.40. The highest BCUT2D eigenvalue weighted by Gasteiger charge is 2.26. The molecule has 2 aromatic carbocycles. The molecule has 0 amide bonds. The second-order valence-electron chi connectivity index (χ2n) is 6.62. The Morgan fingerprint density at radius 1 is 1.03 bits per heavy atom. The van der Waals surface area contributed by atoms with Crippen molar-refractivity contribution in [1.29, 1.82) is 0 Å². The largest absolute Gasteiger partial charge is 0.402 e. The lowest BCUT2D eigenvalue weighted by Gasteiger charge is -2.35. The highest BCUT2D eigenvalue weighted by molar-refractivity contribution is 9.10. The number of ether oxygens (including phenoxy) is 1. The van der Waals surface area contributed by atoms with Crippen LogP contribution in [0, 0.1) is 10.1 Å². The fourth-order valence-corrected chi connectivity index (χ4v) is 3.45. The van der Waals surface area contributed by atoms with Crippen LogP contribution in [0.25, 0.3) is 0 Å². The fourth-order valence-electron chi connectivity index (χ4n) is 3.18. The Labute approximate surface area is 175 Å². The summed E-state index contributed by atoms with van der Waals surface area (Å²) in [4.78, 5) is 31.1. The van der Waals surface area contributed by atoms with Crippen LogP contribution < -0.4 is 4.90 Å². The topological polar surface area (TPSA) is 88.3 Å². The van der Waals surface area contributed by atoms with Crippen LogP contribution in [0.15, 0.2) is 69.9 Å². The number of anilines is 1. The summed E-state index contributed by atoms with van der Waals surface area (Å²) >= 11 is 3.38. The Hall–Kier alpha value is -3.20. The molecule has 0 unspecified atom stereocenters. The number of benzene rings is 2. The van der Waals surface area contributed by atoms with E-state index >= 15 is 0 Å². The highest BCUT2D eigenvalue weighted by atomic mass is 79.9. The van der Waals surface area contributed by atoms with Gasteiger partial charge in [-0.25, -0.2) is 9.79 Å². The minimum absolute atomic E-state index is 0.0799. The van der Waals surface area contributed by atoms with Crippen molar-refractivity contribution in [2.24, 2.45) is 4.99 Å². The monoisotopic (exact) mass is 456 g/mol. The molecule has 29 heavy (non-hydrogen) atoms. The van der Waals surface area contributed by atoms with Gasteiger partial charge < -0.3 is 14.5 Å². The molecule has 0 saturated carbocycles. The zero-order valence-electron chi connectivity index (χ0n) is 15.3. The van der Waals surface area contributed by atoms with E-state index in [0.717, 1.165) is 28.8 Å². The third-order valence-corrected chi connectivity index (χ3v) is 5.29. The smallest absolute Gasteiger partial charge is 0.365 e. The molecule has 0 aromatic heterocycles. The number of nitrogens with zero attached hydrogens (tertiary/aromatic N) is 4. The summed E-state index contributed by atoms with van der Waals surface area (Å²) in [7, 11) is 0. The van der Waals surface area contributed by atoms with E-state index in [4.69, 9.17) is 4.74 Å². The first-order chi connectivity index (χ1) is 14.0. The average molecular weight is 457 g/mol. The van der Waals surface area contributed by atoms with Gasteiger partial charge in [0.2, 0.25) is 5.90 Å². The number of hydrogen-bond acceptors (Lipinski definition) is 7. The van der Waals surface area contributed by atoms with Crippen molar-refractivity contribution in [3.63, 3.8) is 0 Å². The van der Waals surface area contributed by atoms with Crippen LogP contribution in [0.2, 0.25) is 0 Å². The Kier molecular flexibility index (Phi) is 5.30. The number of carbonyl (C=O) groups excluding carboxylic acids is 1. The second-order valence-corrected chi connectivity index (χ2v) is 7.54. The Morgan fingerprint density at radius 2 is 1.69 bits per heavy atom. The van der Waals surface area contributed by atoms with E-state index < -0.39 is 10.9 Å². The molecular formula is C20H17BrN4O4. The third kappa shape index (κ3) is 4.29. The molecule has 1 saturated heterocycles. The summed E-state index contributed by atoms with van der Waals surface area (Å²) in [6.07, 6.45) is 1.74. The van der Waals surface area contributed by atoms with Crippen molar-refractivity contribution >= 4 is 39.2 Å². The zero-order valence-corrected chi connectivity index (χ0v) is 16.9. The van der Waals surface area contributed by atoms with Gasteiger partial charge in [0.1, 0.15) is 0 Å². The number of piperazine rings is 1. The van der Waals surface area contributed by atoms with E-state index in [1.807, 2.05) is 29.2 Å². The zero-order chi connectivity index (χ0) is 20.4. The number of non-ortho nitro benzene ring substituents is 1. The minimum Gasteiger partial charge on any atom is -0.402 e. The lowest BCUT2D eigenvalue weighted by atomic mass is 10.2. The summed E-state index contributed by atoms with van der Waals surface area (Å²) in [5, 5.41) is 10.8. The maximum atomic E-state index is 12.2. The van der Waals surface area contributed by atoms with Gasteiger partial charge >= 0.3 is 5.97 Å². The van der Waals surface area contributed by atoms with Gasteiger partial charge in [0.25, 0.3) is 5.69 Å². The van der Waals surface area contributed by atoms with Gasteiger partial charge in [0.15, 0.2) is 5.70 Å². The summed E-state index contributed by atoms with van der Waals surface area (Å²) in [5.74, 6) is -0.154. The number of nitro groups is 1. The van der Waals surface area contributed by atoms with Crippen molar-refractivity contribution < 1.29 is 14.5 Å². The number of aliphatic imine (C=N–C) groups is 1. The number of cyclic esters (lactones) is 1. The standard InChI is InChI=1S/C20H17BrN4O4/c21-15-3-1-14(2-4-15)19-22-18(20(26)29-19)13-23-9-11-24(12-10-23)16-5-7-17(8-6-16)25(27)28/h1-8,13H,9-12H2/b18-13-. The SMILES string of the molecule is O=C1OC(c2ccc(Br)cc2)=N/C1=C\N1CCN(c2ccc([N+](=O)[O-])cc2)CC1. The average Bonchev–Trinajstić information content (AvgIpc) is 3.09. The molecule has 2 aliphatic rings. The Bertz CT molecular complexity index is 994. The van der Waals surface area contributed by atoms with Gasteiger partial charge in [0, 0.05) is 60.2 Å². The van der Waals surface area contributed by atoms with Crippen molar-refractivity contribution in [3.8, 4) is 0 Å². The number of esters is 1. The quantitative estimate of drug-likeness (QED) is 0.303. The normalized spacial score (nSPS) is 18.0. The second kappa shape index (κ2) is 8.04. The molecule has 0 bridgehead atoms. The van der Waals surface area contributed by atoms with Crippen LogP contribution >= 0.6 is 15.9 Å². The van der Waals surface area contributed by atoms with Crippen LogP contribution in [0.3, 0.4) is 0 Å². The molecule has 148 valence electrons. The first-order valence-corrected chi connectivity index (χ1v) is 9.81. The van der Waals surface area contributed by atoms with Gasteiger partial charge in [-0.2, -0.15) is 0 Å². The summed E-state index contributed by atoms with van der Waals surface area (Å²) in [6, 6.07) is 13.9. The molecule has 0 radical (unpaired) electrons. The van der Waals surface area contributed by atoms with Gasteiger partial charge in [-0.05, 0) is 36.4 Å². The van der Waals surface area contributed by atoms with Gasteiger partial charge in [-0.3, -0.25) is 10.1 Å². The third-order valence-electron chi connectivity index (χ3n) is 4.76. The fraction of sp³-hybridized carbons (Fsp3) is 0.200. The molecule has 1 fully saturated rings. The molecule has 0 aliphatic carbocycles. The number of nitro benzene ring substituents is 1. The highest BCUT2D eigenvalue weighted by Crippen LogP contribution is 2.22. The number of hydrogen-bond donors (Lipinski definition) is 0. The Morgan fingerprint density at radius 3 is 2.31 bits per heavy atom. The van der Waals surface area contributed by atoms with E-state index in [0.29, 0.717) is 19.0 Å². The number of halogens is 1. The first-order valence-electron chi connectivity index (χ1n) is 9.02. The molecule has 9 heteroatoms. The minimum atomic E-state index is -0.458. The molecule has 2 heterocycles.